The summed E-state index contributed by atoms with van der Waals surface area (Å²) in [5.41, 5.74) is 8.05. The fourth-order valence-electron chi connectivity index (χ4n) is 4.03. The summed E-state index contributed by atoms with van der Waals surface area (Å²) in [6.45, 7) is 3.15. The number of ether oxygens (including phenoxy) is 1. The minimum absolute atomic E-state index is 0.249. The van der Waals surface area contributed by atoms with Gasteiger partial charge in [-0.15, -0.1) is 0 Å². The van der Waals surface area contributed by atoms with Crippen LogP contribution in [0.3, 0.4) is 0 Å². The number of carbonyl (C=O) groups is 1. The first-order valence-corrected chi connectivity index (χ1v) is 11.0. The number of nitrogens with zero attached hydrogens (tertiary/aromatic N) is 2. The summed E-state index contributed by atoms with van der Waals surface area (Å²) in [5, 5.41) is 7.57. The summed E-state index contributed by atoms with van der Waals surface area (Å²) in [6.07, 6.45) is 1.59. The number of aromatic amines is 1. The molecule has 1 fully saturated rings. The zero-order chi connectivity index (χ0) is 23.5. The van der Waals surface area contributed by atoms with Gasteiger partial charge in [-0.1, -0.05) is 12.1 Å². The summed E-state index contributed by atoms with van der Waals surface area (Å²) in [4.78, 5) is 34.1. The van der Waals surface area contributed by atoms with Gasteiger partial charge in [-0.3, -0.25) is 9.59 Å². The Bertz CT molecular complexity index is 1390. The number of fused-ring (bicyclic) bond motifs is 1. The highest BCUT2D eigenvalue weighted by atomic mass is 16.5. The van der Waals surface area contributed by atoms with Crippen LogP contribution in [0.4, 0.5) is 28.7 Å². The highest BCUT2D eigenvalue weighted by Gasteiger charge is 2.14. The molecule has 1 saturated heterocycles. The highest BCUT2D eigenvalue weighted by molar-refractivity contribution is 6.00. The van der Waals surface area contributed by atoms with Crippen molar-refractivity contribution in [2.24, 2.45) is 5.73 Å². The van der Waals surface area contributed by atoms with Crippen molar-refractivity contribution >= 4 is 45.4 Å². The van der Waals surface area contributed by atoms with Gasteiger partial charge in [0, 0.05) is 30.7 Å². The molecule has 34 heavy (non-hydrogen) atoms. The number of morpholine rings is 1. The molecule has 0 bridgehead atoms. The van der Waals surface area contributed by atoms with Crippen LogP contribution in [0.5, 0.6) is 0 Å². The molecule has 0 radical (unpaired) electrons. The first kappa shape index (κ1) is 21.5. The SMILES string of the molecule is NC(=O)c1ccccc1Nc1cc2cc[nH]c(=O)c2c(Nc2ccc(N3CCOCC3)cc2)n1. The molecule has 172 valence electrons. The Labute approximate surface area is 195 Å². The Hall–Kier alpha value is -4.37. The quantitative estimate of drug-likeness (QED) is 0.351. The van der Waals surface area contributed by atoms with Crippen LogP contribution in [0.15, 0.2) is 71.7 Å². The highest BCUT2D eigenvalue weighted by Crippen LogP contribution is 2.28. The van der Waals surface area contributed by atoms with Crippen LogP contribution in [0.1, 0.15) is 10.4 Å². The van der Waals surface area contributed by atoms with Crippen molar-refractivity contribution in [3.8, 4) is 0 Å². The number of rotatable bonds is 6. The van der Waals surface area contributed by atoms with Crippen molar-refractivity contribution in [2.75, 3.05) is 41.8 Å². The number of anilines is 5. The van der Waals surface area contributed by atoms with E-state index in [-0.39, 0.29) is 5.56 Å². The minimum Gasteiger partial charge on any atom is -0.378 e. The van der Waals surface area contributed by atoms with Gasteiger partial charge in [0.25, 0.3) is 11.5 Å². The van der Waals surface area contributed by atoms with Crippen molar-refractivity contribution in [3.05, 3.63) is 82.8 Å². The smallest absolute Gasteiger partial charge is 0.259 e. The van der Waals surface area contributed by atoms with Crippen LogP contribution < -0.4 is 26.8 Å². The molecule has 2 aromatic heterocycles. The van der Waals surface area contributed by atoms with E-state index in [4.69, 9.17) is 10.5 Å². The molecule has 4 aromatic rings. The lowest BCUT2D eigenvalue weighted by atomic mass is 10.1. The average molecular weight is 457 g/mol. The van der Waals surface area contributed by atoms with Gasteiger partial charge in [-0.2, -0.15) is 0 Å². The Kier molecular flexibility index (Phi) is 5.84. The van der Waals surface area contributed by atoms with E-state index in [9.17, 15) is 9.59 Å². The predicted molar refractivity (Wildman–Crippen MR) is 133 cm³/mol. The molecule has 0 saturated carbocycles. The first-order chi connectivity index (χ1) is 16.6. The number of aromatic nitrogens is 2. The van der Waals surface area contributed by atoms with E-state index in [2.05, 4.69) is 25.5 Å². The van der Waals surface area contributed by atoms with Crippen LogP contribution >= 0.6 is 0 Å². The monoisotopic (exact) mass is 456 g/mol. The van der Waals surface area contributed by atoms with Gasteiger partial charge in [0.1, 0.15) is 11.6 Å². The third kappa shape index (κ3) is 4.41. The summed E-state index contributed by atoms with van der Waals surface area (Å²) in [6, 6.07) is 18.5. The lowest BCUT2D eigenvalue weighted by Gasteiger charge is -2.28. The molecule has 0 aliphatic carbocycles. The molecule has 5 N–H and O–H groups in total. The minimum atomic E-state index is -0.543. The molecule has 1 aliphatic rings. The number of hydrogen-bond donors (Lipinski definition) is 4. The number of carbonyl (C=O) groups excluding carboxylic acids is 1. The van der Waals surface area contributed by atoms with Gasteiger partial charge in [0.05, 0.1) is 29.9 Å². The zero-order valence-electron chi connectivity index (χ0n) is 18.4. The second kappa shape index (κ2) is 9.24. The second-order valence-corrected chi connectivity index (χ2v) is 7.93. The van der Waals surface area contributed by atoms with E-state index in [0.29, 0.717) is 33.7 Å². The van der Waals surface area contributed by atoms with Gasteiger partial charge in [-0.25, -0.2) is 4.98 Å². The maximum absolute atomic E-state index is 12.6. The molecule has 9 nitrogen and oxygen atoms in total. The number of nitrogens with two attached hydrogens (primary N) is 1. The van der Waals surface area contributed by atoms with Crippen LogP contribution in [-0.4, -0.2) is 42.2 Å². The van der Waals surface area contributed by atoms with E-state index in [1.165, 1.54) is 0 Å². The van der Waals surface area contributed by atoms with Crippen molar-refractivity contribution in [2.45, 2.75) is 0 Å². The topological polar surface area (TPSA) is 125 Å². The number of H-pyrrole nitrogens is 1. The molecule has 0 unspecified atom stereocenters. The van der Waals surface area contributed by atoms with Gasteiger partial charge in [-0.05, 0) is 53.9 Å². The molecule has 3 heterocycles. The van der Waals surface area contributed by atoms with Crippen LogP contribution in [0, 0.1) is 0 Å². The van der Waals surface area contributed by atoms with Gasteiger partial charge in [0.2, 0.25) is 0 Å². The van der Waals surface area contributed by atoms with Gasteiger partial charge in [0.15, 0.2) is 0 Å². The molecule has 1 aliphatic heterocycles. The third-order valence-corrected chi connectivity index (χ3v) is 5.72. The molecular weight excluding hydrogens is 432 g/mol. The summed E-state index contributed by atoms with van der Waals surface area (Å²) in [5.74, 6) is 0.329. The Morgan fingerprint density at radius 1 is 1.03 bits per heavy atom. The van der Waals surface area contributed by atoms with Crippen molar-refractivity contribution < 1.29 is 9.53 Å². The lowest BCUT2D eigenvalue weighted by Crippen LogP contribution is -2.36. The summed E-state index contributed by atoms with van der Waals surface area (Å²) < 4.78 is 5.42. The Morgan fingerprint density at radius 2 is 1.79 bits per heavy atom. The number of nitrogens with one attached hydrogen (secondary N) is 3. The number of benzene rings is 2. The second-order valence-electron chi connectivity index (χ2n) is 7.93. The molecule has 1 amide bonds. The summed E-state index contributed by atoms with van der Waals surface area (Å²) in [7, 11) is 0. The number of hydrogen-bond acceptors (Lipinski definition) is 7. The maximum atomic E-state index is 12.6. The van der Waals surface area contributed by atoms with Crippen LogP contribution in [-0.2, 0) is 4.74 Å². The van der Waals surface area contributed by atoms with E-state index in [1.807, 2.05) is 24.3 Å². The third-order valence-electron chi connectivity index (χ3n) is 5.72. The molecular formula is C25H24N6O3. The van der Waals surface area contributed by atoms with Crippen LogP contribution in [0.25, 0.3) is 10.8 Å². The fraction of sp³-hybridized carbons (Fsp3) is 0.160. The number of para-hydroxylation sites is 1. The number of amides is 1. The first-order valence-electron chi connectivity index (χ1n) is 11.0. The fourth-order valence-corrected chi connectivity index (χ4v) is 4.03. The zero-order valence-corrected chi connectivity index (χ0v) is 18.4. The number of pyridine rings is 2. The predicted octanol–water partition coefficient (Wildman–Crippen LogP) is 3.35. The maximum Gasteiger partial charge on any atom is 0.259 e. The Morgan fingerprint density at radius 3 is 2.56 bits per heavy atom. The van der Waals surface area contributed by atoms with Crippen molar-refractivity contribution in [1.82, 2.24) is 9.97 Å². The Balaban J connectivity index is 1.49. The largest absolute Gasteiger partial charge is 0.378 e. The van der Waals surface area contributed by atoms with Crippen molar-refractivity contribution in [1.29, 1.82) is 0 Å². The molecule has 0 spiro atoms. The lowest BCUT2D eigenvalue weighted by molar-refractivity contribution is 0.100. The average Bonchev–Trinajstić information content (AvgIpc) is 2.85. The van der Waals surface area contributed by atoms with E-state index < -0.39 is 5.91 Å². The van der Waals surface area contributed by atoms with Crippen molar-refractivity contribution in [3.63, 3.8) is 0 Å². The van der Waals surface area contributed by atoms with Gasteiger partial charge >= 0.3 is 0 Å². The van der Waals surface area contributed by atoms with Gasteiger partial charge < -0.3 is 31.0 Å². The molecule has 9 heteroatoms. The van der Waals surface area contributed by atoms with Crippen LogP contribution in [0.2, 0.25) is 0 Å². The van der Waals surface area contributed by atoms with E-state index >= 15 is 0 Å². The molecule has 0 atom stereocenters. The molecule has 2 aromatic carbocycles. The number of primary amides is 1. The summed E-state index contributed by atoms with van der Waals surface area (Å²) >= 11 is 0. The standard InChI is InChI=1S/C25H24N6O3/c26-23(32)19-3-1-2-4-20(19)29-21-15-16-9-10-27-25(33)22(16)24(30-21)28-17-5-7-18(8-6-17)31-11-13-34-14-12-31/h1-10,15H,11-14H2,(H2,26,32)(H,27,33)(H2,28,29,30). The van der Waals surface area contributed by atoms with E-state index in [0.717, 1.165) is 37.7 Å². The normalized spacial score (nSPS) is 13.6. The van der Waals surface area contributed by atoms with E-state index in [1.54, 1.807) is 42.6 Å². The molecule has 5 rings (SSSR count).